The Hall–Kier alpha value is -4.04. The number of aliphatic imine (C=N–C) groups is 1. The molecule has 164 valence electrons. The minimum atomic E-state index is -0.584. The minimum Gasteiger partial charge on any atom is -0.465 e. The van der Waals surface area contributed by atoms with Crippen molar-refractivity contribution in [3.05, 3.63) is 88.4 Å². The Labute approximate surface area is 194 Å². The molecule has 33 heavy (non-hydrogen) atoms. The van der Waals surface area contributed by atoms with Crippen LogP contribution in [0.15, 0.2) is 77.4 Å². The molecule has 0 fully saturated rings. The number of aromatic nitrogens is 2. The molecule has 0 saturated carbocycles. The van der Waals surface area contributed by atoms with Crippen LogP contribution in [0.2, 0.25) is 0 Å². The average Bonchev–Trinajstić information content (AvgIpc) is 3.57. The summed E-state index contributed by atoms with van der Waals surface area (Å²) in [6.07, 6.45) is 3.66. The van der Waals surface area contributed by atoms with Gasteiger partial charge in [-0.3, -0.25) is 9.79 Å². The van der Waals surface area contributed by atoms with E-state index in [0.29, 0.717) is 17.0 Å². The van der Waals surface area contributed by atoms with Gasteiger partial charge in [0.05, 0.1) is 24.1 Å². The van der Waals surface area contributed by atoms with Crippen LogP contribution >= 0.6 is 11.3 Å². The van der Waals surface area contributed by atoms with E-state index in [1.807, 2.05) is 59.6 Å². The number of nitrogens with zero attached hydrogens (tertiary/aromatic N) is 3. The third-order valence-electron chi connectivity index (χ3n) is 5.55. The monoisotopic (exact) mass is 456 g/mol. The Kier molecular flexibility index (Phi) is 5.35. The van der Waals surface area contributed by atoms with Gasteiger partial charge >= 0.3 is 5.97 Å². The van der Waals surface area contributed by atoms with Gasteiger partial charge in [-0.1, -0.05) is 12.1 Å². The highest BCUT2D eigenvalue weighted by atomic mass is 32.1. The largest absolute Gasteiger partial charge is 0.465 e. The van der Waals surface area contributed by atoms with Crippen LogP contribution in [0, 0.1) is 0 Å². The summed E-state index contributed by atoms with van der Waals surface area (Å²) >= 11 is 1.53. The highest BCUT2D eigenvalue weighted by Crippen LogP contribution is 2.38. The zero-order chi connectivity index (χ0) is 22.9. The third kappa shape index (κ3) is 3.85. The van der Waals surface area contributed by atoms with Crippen molar-refractivity contribution in [3.8, 4) is 11.4 Å². The van der Waals surface area contributed by atoms with E-state index in [9.17, 15) is 9.59 Å². The topological polar surface area (TPSA) is 85.6 Å². The summed E-state index contributed by atoms with van der Waals surface area (Å²) in [4.78, 5) is 35.1. The van der Waals surface area contributed by atoms with E-state index in [2.05, 4.69) is 10.3 Å². The fraction of sp³-hybridized carbons (Fsp3) is 0.120. The molecule has 1 atom stereocenters. The Morgan fingerprint density at radius 1 is 1.18 bits per heavy atom. The van der Waals surface area contributed by atoms with Gasteiger partial charge < -0.3 is 14.6 Å². The molecule has 1 aliphatic heterocycles. The molecule has 7 nitrogen and oxygen atoms in total. The summed E-state index contributed by atoms with van der Waals surface area (Å²) < 4.78 is 6.76. The van der Waals surface area contributed by atoms with Gasteiger partial charge in [0, 0.05) is 35.6 Å². The van der Waals surface area contributed by atoms with Crippen LogP contribution in [-0.2, 0) is 16.6 Å². The number of carbonyl (C=O) groups excluding carboxylic acids is 2. The molecule has 1 amide bonds. The van der Waals surface area contributed by atoms with Crippen molar-refractivity contribution in [2.45, 2.75) is 5.92 Å². The SMILES string of the molecule is COC(=O)c1ccc2c(c1)NC(=O)C2C(=Nc1ccc(-c2nccn2C)cc1)c1cccs1. The number of thiophene rings is 1. The van der Waals surface area contributed by atoms with Crippen molar-refractivity contribution in [1.29, 1.82) is 0 Å². The third-order valence-corrected chi connectivity index (χ3v) is 6.44. The second kappa shape index (κ2) is 8.48. The van der Waals surface area contributed by atoms with Gasteiger partial charge in [-0.2, -0.15) is 0 Å². The van der Waals surface area contributed by atoms with Crippen molar-refractivity contribution in [3.63, 3.8) is 0 Å². The van der Waals surface area contributed by atoms with E-state index in [1.165, 1.54) is 18.4 Å². The zero-order valence-corrected chi connectivity index (χ0v) is 18.8. The van der Waals surface area contributed by atoms with Crippen molar-refractivity contribution in [1.82, 2.24) is 9.55 Å². The Balaban J connectivity index is 1.55. The lowest BCUT2D eigenvalue weighted by atomic mass is 9.93. The number of rotatable bonds is 5. The van der Waals surface area contributed by atoms with Crippen LogP contribution < -0.4 is 5.32 Å². The lowest BCUT2D eigenvalue weighted by Crippen LogP contribution is -2.21. The first-order chi connectivity index (χ1) is 16.0. The molecule has 0 bridgehead atoms. The maximum atomic E-state index is 13.0. The summed E-state index contributed by atoms with van der Waals surface area (Å²) in [6.45, 7) is 0. The molecule has 2 aromatic carbocycles. The predicted molar refractivity (Wildman–Crippen MR) is 128 cm³/mol. The molecule has 0 saturated heterocycles. The number of amides is 1. The van der Waals surface area contributed by atoms with E-state index in [1.54, 1.807) is 24.4 Å². The fourth-order valence-electron chi connectivity index (χ4n) is 3.93. The number of carbonyl (C=O) groups is 2. The number of nitrogens with one attached hydrogen (secondary N) is 1. The first kappa shape index (κ1) is 20.8. The Morgan fingerprint density at radius 2 is 2.00 bits per heavy atom. The molecule has 4 aromatic rings. The molecular weight excluding hydrogens is 436 g/mol. The number of hydrogen-bond acceptors (Lipinski definition) is 6. The molecule has 2 aromatic heterocycles. The molecular formula is C25H20N4O3S. The molecule has 1 unspecified atom stereocenters. The number of benzene rings is 2. The highest BCUT2D eigenvalue weighted by Gasteiger charge is 2.36. The van der Waals surface area contributed by atoms with Crippen LogP contribution in [-0.4, -0.2) is 34.2 Å². The van der Waals surface area contributed by atoms with E-state index < -0.39 is 11.9 Å². The van der Waals surface area contributed by atoms with Crippen molar-refractivity contribution < 1.29 is 14.3 Å². The maximum absolute atomic E-state index is 13.0. The number of anilines is 1. The predicted octanol–water partition coefficient (Wildman–Crippen LogP) is 4.79. The number of fused-ring (bicyclic) bond motifs is 1. The molecule has 0 radical (unpaired) electrons. The molecule has 1 N–H and O–H groups in total. The van der Waals surface area contributed by atoms with E-state index in [-0.39, 0.29) is 5.91 Å². The van der Waals surface area contributed by atoms with Crippen molar-refractivity contribution >= 4 is 40.3 Å². The smallest absolute Gasteiger partial charge is 0.337 e. The summed E-state index contributed by atoms with van der Waals surface area (Å²) in [5.74, 6) is -0.340. The first-order valence-electron chi connectivity index (χ1n) is 10.3. The number of methoxy groups -OCH3 is 1. The zero-order valence-electron chi connectivity index (χ0n) is 18.0. The minimum absolute atomic E-state index is 0.177. The number of esters is 1. The lowest BCUT2D eigenvalue weighted by Gasteiger charge is -2.12. The second-order valence-electron chi connectivity index (χ2n) is 7.60. The Bertz CT molecular complexity index is 1370. The van der Waals surface area contributed by atoms with Gasteiger partial charge in [-0.05, 0) is 53.4 Å². The second-order valence-corrected chi connectivity index (χ2v) is 8.55. The molecule has 0 spiro atoms. The van der Waals surface area contributed by atoms with E-state index in [4.69, 9.17) is 9.73 Å². The van der Waals surface area contributed by atoms with E-state index in [0.717, 1.165) is 27.5 Å². The van der Waals surface area contributed by atoms with Crippen molar-refractivity contribution in [2.75, 3.05) is 12.4 Å². The number of imidazole rings is 1. The molecule has 1 aliphatic rings. The summed E-state index contributed by atoms with van der Waals surface area (Å²) in [6, 6.07) is 16.8. The van der Waals surface area contributed by atoms with Crippen LogP contribution in [0.25, 0.3) is 11.4 Å². The fourth-order valence-corrected chi connectivity index (χ4v) is 4.68. The summed E-state index contributed by atoms with van der Waals surface area (Å²) in [5, 5.41) is 4.86. The number of ether oxygens (including phenoxy) is 1. The van der Waals surface area contributed by atoms with Gasteiger partial charge in [0.2, 0.25) is 5.91 Å². The lowest BCUT2D eigenvalue weighted by molar-refractivity contribution is -0.115. The first-order valence-corrected chi connectivity index (χ1v) is 11.2. The normalized spacial score (nSPS) is 15.3. The van der Waals surface area contributed by atoms with Gasteiger partial charge in [0.1, 0.15) is 11.7 Å². The average molecular weight is 457 g/mol. The molecule has 8 heteroatoms. The van der Waals surface area contributed by atoms with Crippen LogP contribution in [0.4, 0.5) is 11.4 Å². The van der Waals surface area contributed by atoms with Crippen molar-refractivity contribution in [2.24, 2.45) is 12.0 Å². The van der Waals surface area contributed by atoms with Gasteiger partial charge in [-0.15, -0.1) is 11.3 Å². The molecule has 0 aliphatic carbocycles. The van der Waals surface area contributed by atoms with Gasteiger partial charge in [0.25, 0.3) is 0 Å². The standard InChI is InChI=1S/C25H20N4O3S/c1-29-12-11-26-23(29)15-5-8-17(9-6-15)27-22(20-4-3-13-33-20)21-18-10-7-16(25(31)32-2)14-19(18)28-24(21)30/h3-14,21H,1-2H3,(H,28,30). The Morgan fingerprint density at radius 3 is 2.67 bits per heavy atom. The molecule has 3 heterocycles. The number of aryl methyl sites for hydroxylation is 1. The van der Waals surface area contributed by atoms with Crippen LogP contribution in [0.3, 0.4) is 0 Å². The van der Waals surface area contributed by atoms with Gasteiger partial charge in [-0.25, -0.2) is 9.78 Å². The van der Waals surface area contributed by atoms with Crippen LogP contribution in [0.5, 0.6) is 0 Å². The van der Waals surface area contributed by atoms with E-state index >= 15 is 0 Å². The quantitative estimate of drug-likeness (QED) is 0.346. The highest BCUT2D eigenvalue weighted by molar-refractivity contribution is 7.12. The summed E-state index contributed by atoms with van der Waals surface area (Å²) in [5.41, 5.74) is 4.16. The maximum Gasteiger partial charge on any atom is 0.337 e. The summed E-state index contributed by atoms with van der Waals surface area (Å²) in [7, 11) is 3.28. The molecule has 5 rings (SSSR count). The number of hydrogen-bond donors (Lipinski definition) is 1. The van der Waals surface area contributed by atoms with Gasteiger partial charge in [0.15, 0.2) is 0 Å². The van der Waals surface area contributed by atoms with Crippen LogP contribution in [0.1, 0.15) is 26.7 Å².